The number of piperidine rings is 1. The van der Waals surface area contributed by atoms with Gasteiger partial charge in [-0.3, -0.25) is 9.59 Å². The van der Waals surface area contributed by atoms with Gasteiger partial charge >= 0.3 is 0 Å². The summed E-state index contributed by atoms with van der Waals surface area (Å²) in [4.78, 5) is 25.4. The molecule has 4 rings (SSSR count). The fourth-order valence-electron chi connectivity index (χ4n) is 3.70. The number of hydrogen-bond acceptors (Lipinski definition) is 4. The Kier molecular flexibility index (Phi) is 5.65. The minimum absolute atomic E-state index is 0. The first-order valence-electron chi connectivity index (χ1n) is 8.63. The third-order valence-electron chi connectivity index (χ3n) is 5.24. The van der Waals surface area contributed by atoms with Crippen LogP contribution in [0.25, 0.3) is 0 Å². The third kappa shape index (κ3) is 3.92. The predicted molar refractivity (Wildman–Crippen MR) is 107 cm³/mol. The van der Waals surface area contributed by atoms with E-state index in [0.717, 1.165) is 38.0 Å². The maximum absolute atomic E-state index is 12.6. The molecule has 1 atom stereocenters. The molecule has 1 saturated heterocycles. The molecule has 1 aromatic carbocycles. The highest BCUT2D eigenvalue weighted by Crippen LogP contribution is 2.58. The highest BCUT2D eigenvalue weighted by atomic mass is 35.5. The summed E-state index contributed by atoms with van der Waals surface area (Å²) in [6.07, 6.45) is 3.17. The van der Waals surface area contributed by atoms with Crippen molar-refractivity contribution in [2.75, 3.05) is 23.7 Å². The van der Waals surface area contributed by atoms with Crippen molar-refractivity contribution in [2.45, 2.75) is 19.3 Å². The van der Waals surface area contributed by atoms with Gasteiger partial charge in [-0.15, -0.1) is 23.7 Å². The van der Waals surface area contributed by atoms with Gasteiger partial charge < -0.3 is 16.0 Å². The van der Waals surface area contributed by atoms with E-state index in [2.05, 4.69) is 16.0 Å². The molecule has 26 heavy (non-hydrogen) atoms. The van der Waals surface area contributed by atoms with Crippen molar-refractivity contribution < 1.29 is 9.59 Å². The Bertz CT molecular complexity index is 788. The summed E-state index contributed by atoms with van der Waals surface area (Å²) in [5, 5.41) is 11.1. The second-order valence-electron chi connectivity index (χ2n) is 6.87. The van der Waals surface area contributed by atoms with Crippen LogP contribution >= 0.6 is 23.7 Å². The van der Waals surface area contributed by atoms with Gasteiger partial charge in [0.05, 0.1) is 4.88 Å². The normalized spacial score (nSPS) is 20.1. The fourth-order valence-corrected chi connectivity index (χ4v) is 4.32. The first kappa shape index (κ1) is 18.9. The van der Waals surface area contributed by atoms with Gasteiger partial charge in [-0.1, -0.05) is 12.1 Å². The second-order valence-corrected chi connectivity index (χ2v) is 7.82. The van der Waals surface area contributed by atoms with Gasteiger partial charge in [0.15, 0.2) is 0 Å². The summed E-state index contributed by atoms with van der Waals surface area (Å²) < 4.78 is 0. The third-order valence-corrected chi connectivity index (χ3v) is 6.11. The lowest BCUT2D eigenvalue weighted by atomic mass is 9.92. The highest BCUT2D eigenvalue weighted by Gasteiger charge is 2.57. The predicted octanol–water partition coefficient (Wildman–Crippen LogP) is 3.75. The van der Waals surface area contributed by atoms with Gasteiger partial charge in [0.25, 0.3) is 5.91 Å². The highest BCUT2D eigenvalue weighted by molar-refractivity contribution is 7.12. The summed E-state index contributed by atoms with van der Waals surface area (Å²) >= 11 is 1.40. The van der Waals surface area contributed by atoms with Crippen molar-refractivity contribution in [1.29, 1.82) is 0 Å². The number of thiophene rings is 1. The molecular weight excluding hydrogens is 370 g/mol. The number of benzene rings is 1. The van der Waals surface area contributed by atoms with Crippen LogP contribution in [-0.4, -0.2) is 24.9 Å². The lowest BCUT2D eigenvalue weighted by Gasteiger charge is -2.23. The quantitative estimate of drug-likeness (QED) is 0.743. The molecule has 2 aliphatic rings. The molecule has 0 bridgehead atoms. The Morgan fingerprint density at radius 3 is 2.50 bits per heavy atom. The van der Waals surface area contributed by atoms with Crippen molar-refractivity contribution in [3.8, 4) is 0 Å². The van der Waals surface area contributed by atoms with Crippen LogP contribution in [0.5, 0.6) is 0 Å². The molecule has 2 heterocycles. The lowest BCUT2D eigenvalue weighted by molar-refractivity contribution is -0.118. The van der Waals surface area contributed by atoms with E-state index in [9.17, 15) is 9.59 Å². The van der Waals surface area contributed by atoms with Crippen LogP contribution in [0.3, 0.4) is 0 Å². The minimum Gasteiger partial charge on any atom is -0.326 e. The van der Waals surface area contributed by atoms with Crippen LogP contribution in [0, 0.1) is 11.3 Å². The zero-order valence-corrected chi connectivity index (χ0v) is 15.9. The zero-order chi connectivity index (χ0) is 17.3. The van der Waals surface area contributed by atoms with E-state index in [1.165, 1.54) is 11.3 Å². The summed E-state index contributed by atoms with van der Waals surface area (Å²) in [7, 11) is 0. The molecule has 7 heteroatoms. The number of amides is 2. The zero-order valence-electron chi connectivity index (χ0n) is 14.3. The van der Waals surface area contributed by atoms with Crippen LogP contribution < -0.4 is 16.0 Å². The Labute approximate surface area is 163 Å². The number of halogens is 1. The molecule has 0 radical (unpaired) electrons. The molecule has 1 aliphatic carbocycles. The molecule has 1 spiro atoms. The van der Waals surface area contributed by atoms with Crippen molar-refractivity contribution >= 4 is 46.9 Å². The molecule has 1 aliphatic heterocycles. The van der Waals surface area contributed by atoms with E-state index in [1.807, 2.05) is 29.6 Å². The first-order chi connectivity index (χ1) is 12.2. The second kappa shape index (κ2) is 7.78. The van der Waals surface area contributed by atoms with Gasteiger partial charge in [-0.25, -0.2) is 0 Å². The van der Waals surface area contributed by atoms with Crippen LogP contribution in [0.2, 0.25) is 0 Å². The molecular formula is C19H22ClN3O2S. The average molecular weight is 392 g/mol. The summed E-state index contributed by atoms with van der Waals surface area (Å²) in [6.45, 7) is 2.02. The molecule has 138 valence electrons. The number of nitrogens with one attached hydrogen (secondary N) is 3. The van der Waals surface area contributed by atoms with Gasteiger partial charge in [0.2, 0.25) is 5.91 Å². The van der Waals surface area contributed by atoms with Gasteiger partial charge in [-0.05, 0) is 67.4 Å². The minimum atomic E-state index is -0.130. The topological polar surface area (TPSA) is 70.2 Å². The van der Waals surface area contributed by atoms with E-state index in [1.54, 1.807) is 12.1 Å². The molecule has 3 N–H and O–H groups in total. The van der Waals surface area contributed by atoms with E-state index < -0.39 is 0 Å². The number of hydrogen-bond donors (Lipinski definition) is 3. The van der Waals surface area contributed by atoms with Crippen LogP contribution in [0.4, 0.5) is 11.4 Å². The number of carbonyl (C=O) groups excluding carboxylic acids is 2. The molecule has 1 saturated carbocycles. The van der Waals surface area contributed by atoms with Gasteiger partial charge in [-0.2, -0.15) is 0 Å². The van der Waals surface area contributed by atoms with E-state index in [-0.39, 0.29) is 35.6 Å². The number of carbonyl (C=O) groups is 2. The smallest absolute Gasteiger partial charge is 0.265 e. The molecule has 2 fully saturated rings. The van der Waals surface area contributed by atoms with Crippen molar-refractivity contribution in [3.63, 3.8) is 0 Å². The Balaban J connectivity index is 0.00000196. The Hall–Kier alpha value is -1.89. The van der Waals surface area contributed by atoms with E-state index in [0.29, 0.717) is 10.6 Å². The molecule has 1 aromatic heterocycles. The summed E-state index contributed by atoms with van der Waals surface area (Å²) in [5.41, 5.74) is 1.63. The lowest BCUT2D eigenvalue weighted by Crippen LogP contribution is -2.31. The molecule has 1 unspecified atom stereocenters. The average Bonchev–Trinajstić information content (AvgIpc) is 3.06. The van der Waals surface area contributed by atoms with E-state index >= 15 is 0 Å². The van der Waals surface area contributed by atoms with Gasteiger partial charge in [0.1, 0.15) is 0 Å². The summed E-state index contributed by atoms with van der Waals surface area (Å²) in [5.74, 6) is 0.0944. The summed E-state index contributed by atoms with van der Waals surface area (Å²) in [6, 6.07) is 11.0. The van der Waals surface area contributed by atoms with Crippen molar-refractivity contribution in [3.05, 3.63) is 46.7 Å². The fraction of sp³-hybridized carbons (Fsp3) is 0.368. The Morgan fingerprint density at radius 1 is 1.08 bits per heavy atom. The van der Waals surface area contributed by atoms with E-state index in [4.69, 9.17) is 0 Å². The standard InChI is InChI=1S/C19H21N3O2S.ClH/c23-17(15-12-19(15)6-8-20-9-7-19)21-13-3-1-4-14(11-13)22-18(24)16-5-2-10-25-16;/h1-5,10-11,15,20H,6-9,12H2,(H,21,23)(H,22,24);1H. The molecule has 2 amide bonds. The van der Waals surface area contributed by atoms with Crippen molar-refractivity contribution in [1.82, 2.24) is 5.32 Å². The molecule has 5 nitrogen and oxygen atoms in total. The van der Waals surface area contributed by atoms with Crippen LogP contribution in [0.1, 0.15) is 28.9 Å². The number of rotatable bonds is 4. The molecule has 2 aromatic rings. The van der Waals surface area contributed by atoms with Crippen LogP contribution in [-0.2, 0) is 4.79 Å². The SMILES string of the molecule is Cl.O=C(Nc1cccc(NC(=O)C2CC23CCNCC3)c1)c1cccs1. The van der Waals surface area contributed by atoms with Gasteiger partial charge in [0, 0.05) is 17.3 Å². The van der Waals surface area contributed by atoms with Crippen LogP contribution in [0.15, 0.2) is 41.8 Å². The number of anilines is 2. The van der Waals surface area contributed by atoms with Crippen molar-refractivity contribution in [2.24, 2.45) is 11.3 Å². The Morgan fingerprint density at radius 2 is 1.81 bits per heavy atom. The maximum Gasteiger partial charge on any atom is 0.265 e. The first-order valence-corrected chi connectivity index (χ1v) is 9.51. The largest absolute Gasteiger partial charge is 0.326 e. The monoisotopic (exact) mass is 391 g/mol. The maximum atomic E-state index is 12.6.